The number of aromatic hydroxyl groups is 1. The largest absolute Gasteiger partial charge is 0.503 e. The van der Waals surface area contributed by atoms with Crippen molar-refractivity contribution in [1.82, 2.24) is 4.57 Å². The molecule has 0 radical (unpaired) electrons. The normalized spacial score (nSPS) is 11.8. The molecule has 3 nitrogen and oxygen atoms in total. The second kappa shape index (κ2) is 4.37. The third-order valence-electron chi connectivity index (χ3n) is 2.06. The highest BCUT2D eigenvalue weighted by Gasteiger charge is 2.30. The predicted molar refractivity (Wildman–Crippen MR) is 52.7 cm³/mol. The number of halogens is 4. The summed E-state index contributed by atoms with van der Waals surface area (Å²) in [6, 6.07) is 0.942. The maximum absolute atomic E-state index is 12.2. The van der Waals surface area contributed by atoms with Crippen LogP contribution in [-0.4, -0.2) is 15.8 Å². The van der Waals surface area contributed by atoms with Gasteiger partial charge in [0.1, 0.15) is 6.54 Å². The molecule has 1 rings (SSSR count). The molecule has 0 aliphatic heterocycles. The monoisotopic (exact) mass is 255 g/mol. The number of aryl methyl sites for hydroxylation is 1. The van der Waals surface area contributed by atoms with Crippen LogP contribution in [0.5, 0.6) is 5.75 Å². The Hall–Kier alpha value is -1.17. The zero-order chi connectivity index (χ0) is 12.5. The summed E-state index contributed by atoms with van der Waals surface area (Å²) in [6.07, 6.45) is -4.44. The van der Waals surface area contributed by atoms with Crippen molar-refractivity contribution in [1.29, 1.82) is 0 Å². The molecule has 0 aliphatic carbocycles. The Balaban J connectivity index is 3.37. The number of hydrogen-bond donors (Lipinski definition) is 1. The quantitative estimate of drug-likeness (QED) is 0.823. The second-order valence-corrected chi connectivity index (χ2v) is 3.55. The molecular weight excluding hydrogens is 247 g/mol. The van der Waals surface area contributed by atoms with Crippen molar-refractivity contribution in [2.24, 2.45) is 0 Å². The van der Waals surface area contributed by atoms with E-state index in [2.05, 4.69) is 0 Å². The maximum Gasteiger partial charge on any atom is 0.406 e. The van der Waals surface area contributed by atoms with Crippen LogP contribution in [0.4, 0.5) is 13.2 Å². The van der Waals surface area contributed by atoms with E-state index in [-0.39, 0.29) is 17.3 Å². The molecule has 0 saturated heterocycles. The van der Waals surface area contributed by atoms with Gasteiger partial charge in [-0.25, -0.2) is 0 Å². The average Bonchev–Trinajstić information content (AvgIpc) is 2.13. The van der Waals surface area contributed by atoms with Crippen molar-refractivity contribution in [2.45, 2.75) is 25.5 Å². The Morgan fingerprint density at radius 2 is 2.06 bits per heavy atom. The first-order valence-corrected chi connectivity index (χ1v) is 4.84. The van der Waals surface area contributed by atoms with Gasteiger partial charge in [-0.15, -0.1) is 11.6 Å². The molecule has 1 aromatic heterocycles. The van der Waals surface area contributed by atoms with Crippen LogP contribution in [0.15, 0.2) is 10.9 Å². The van der Waals surface area contributed by atoms with Crippen molar-refractivity contribution in [2.75, 3.05) is 0 Å². The van der Waals surface area contributed by atoms with Gasteiger partial charge in [0.2, 0.25) is 5.43 Å². The molecule has 0 unspecified atom stereocenters. The Morgan fingerprint density at radius 3 is 2.50 bits per heavy atom. The van der Waals surface area contributed by atoms with E-state index in [0.29, 0.717) is 0 Å². The molecule has 0 saturated carbocycles. The molecular formula is C9H9ClF3NO2. The standard InChI is InChI=1S/C9H9ClF3NO2/c1-5-2-7(15)8(16)6(3-10)14(5)4-9(11,12)13/h2,16H,3-4H2,1H3. The third-order valence-corrected chi connectivity index (χ3v) is 2.32. The lowest BCUT2D eigenvalue weighted by Gasteiger charge is -2.17. The molecule has 1 heterocycles. The molecule has 1 N–H and O–H groups in total. The summed E-state index contributed by atoms with van der Waals surface area (Å²) < 4.78 is 37.5. The lowest BCUT2D eigenvalue weighted by molar-refractivity contribution is -0.141. The van der Waals surface area contributed by atoms with Gasteiger partial charge in [-0.1, -0.05) is 0 Å². The molecule has 1 aromatic rings. The van der Waals surface area contributed by atoms with E-state index >= 15 is 0 Å². The molecule has 0 aromatic carbocycles. The van der Waals surface area contributed by atoms with Crippen LogP contribution in [0.25, 0.3) is 0 Å². The van der Waals surface area contributed by atoms with Gasteiger partial charge in [0.05, 0.1) is 11.6 Å². The van der Waals surface area contributed by atoms with Crippen molar-refractivity contribution in [3.8, 4) is 5.75 Å². The number of hydrogen-bond acceptors (Lipinski definition) is 2. The molecule has 7 heteroatoms. The Morgan fingerprint density at radius 1 is 1.50 bits per heavy atom. The van der Waals surface area contributed by atoms with E-state index in [1.807, 2.05) is 0 Å². The van der Waals surface area contributed by atoms with E-state index in [9.17, 15) is 23.1 Å². The second-order valence-electron chi connectivity index (χ2n) is 3.28. The highest BCUT2D eigenvalue weighted by molar-refractivity contribution is 6.17. The topological polar surface area (TPSA) is 42.2 Å². The number of alkyl halides is 4. The van der Waals surface area contributed by atoms with Crippen LogP contribution in [-0.2, 0) is 12.4 Å². The first kappa shape index (κ1) is 12.9. The number of aromatic nitrogens is 1. The van der Waals surface area contributed by atoms with Gasteiger partial charge in [-0.05, 0) is 6.92 Å². The van der Waals surface area contributed by atoms with Crippen molar-refractivity contribution < 1.29 is 18.3 Å². The van der Waals surface area contributed by atoms with Crippen LogP contribution in [0.1, 0.15) is 11.4 Å². The van der Waals surface area contributed by atoms with Crippen LogP contribution >= 0.6 is 11.6 Å². The lowest BCUT2D eigenvalue weighted by Crippen LogP contribution is -2.24. The van der Waals surface area contributed by atoms with Crippen LogP contribution in [0.2, 0.25) is 0 Å². The van der Waals surface area contributed by atoms with Gasteiger partial charge in [0, 0.05) is 11.8 Å². The Labute approximate surface area is 94.1 Å². The van der Waals surface area contributed by atoms with Gasteiger partial charge in [0.15, 0.2) is 5.75 Å². The molecule has 16 heavy (non-hydrogen) atoms. The summed E-state index contributed by atoms with van der Waals surface area (Å²) in [5, 5.41) is 9.31. The fourth-order valence-corrected chi connectivity index (χ4v) is 1.62. The fourth-order valence-electron chi connectivity index (χ4n) is 1.35. The van der Waals surface area contributed by atoms with E-state index in [1.54, 1.807) is 0 Å². The summed E-state index contributed by atoms with van der Waals surface area (Å²) in [7, 11) is 0. The van der Waals surface area contributed by atoms with E-state index in [4.69, 9.17) is 11.6 Å². The SMILES string of the molecule is Cc1cc(=O)c(O)c(CCl)n1CC(F)(F)F. The summed E-state index contributed by atoms with van der Waals surface area (Å²) in [5.74, 6) is -1.09. The minimum atomic E-state index is -4.44. The highest BCUT2D eigenvalue weighted by Crippen LogP contribution is 2.23. The van der Waals surface area contributed by atoms with Gasteiger partial charge in [-0.3, -0.25) is 4.79 Å². The minimum Gasteiger partial charge on any atom is -0.503 e. The highest BCUT2D eigenvalue weighted by atomic mass is 35.5. The Kier molecular flexibility index (Phi) is 3.52. The summed E-state index contributed by atoms with van der Waals surface area (Å²) >= 11 is 5.42. The number of rotatable bonds is 2. The summed E-state index contributed by atoms with van der Waals surface area (Å²) in [4.78, 5) is 11.1. The van der Waals surface area contributed by atoms with Gasteiger partial charge in [0.25, 0.3) is 0 Å². The first-order valence-electron chi connectivity index (χ1n) is 4.31. The van der Waals surface area contributed by atoms with E-state index < -0.39 is 23.9 Å². The van der Waals surface area contributed by atoms with Crippen molar-refractivity contribution in [3.63, 3.8) is 0 Å². The van der Waals surface area contributed by atoms with Gasteiger partial charge in [-0.2, -0.15) is 13.2 Å². The predicted octanol–water partition coefficient (Wildman–Crippen LogP) is 2.16. The van der Waals surface area contributed by atoms with Crippen molar-refractivity contribution in [3.05, 3.63) is 27.7 Å². The molecule has 0 fully saturated rings. The zero-order valence-corrected chi connectivity index (χ0v) is 9.06. The summed E-state index contributed by atoms with van der Waals surface area (Å²) in [6.45, 7) is 0.0668. The Bertz CT molecular complexity index is 453. The molecule has 0 spiro atoms. The number of nitrogens with zero attached hydrogens (tertiary/aromatic N) is 1. The molecule has 0 aliphatic rings. The third kappa shape index (κ3) is 2.69. The maximum atomic E-state index is 12.2. The van der Waals surface area contributed by atoms with E-state index in [1.165, 1.54) is 6.92 Å². The fraction of sp³-hybridized carbons (Fsp3) is 0.444. The first-order chi connectivity index (χ1) is 7.26. The molecule has 0 amide bonds. The molecule has 0 atom stereocenters. The number of pyridine rings is 1. The molecule has 90 valence electrons. The smallest absolute Gasteiger partial charge is 0.406 e. The minimum absolute atomic E-state index is 0.107. The average molecular weight is 256 g/mol. The zero-order valence-electron chi connectivity index (χ0n) is 8.31. The van der Waals surface area contributed by atoms with Crippen LogP contribution in [0, 0.1) is 6.92 Å². The lowest BCUT2D eigenvalue weighted by atomic mass is 10.2. The van der Waals surface area contributed by atoms with Gasteiger partial charge < -0.3 is 9.67 Å². The molecule has 0 bridgehead atoms. The van der Waals surface area contributed by atoms with Crippen molar-refractivity contribution >= 4 is 11.6 Å². The summed E-state index contributed by atoms with van der Waals surface area (Å²) in [5.41, 5.74) is -0.841. The van der Waals surface area contributed by atoms with Gasteiger partial charge >= 0.3 is 6.18 Å². The van der Waals surface area contributed by atoms with E-state index in [0.717, 1.165) is 10.6 Å². The van der Waals surface area contributed by atoms with Crippen LogP contribution in [0.3, 0.4) is 0 Å². The van der Waals surface area contributed by atoms with Crippen LogP contribution < -0.4 is 5.43 Å².